The molecule has 2 heterocycles. The highest BCUT2D eigenvalue weighted by atomic mass is 14.9. The second kappa shape index (κ2) is 3.01. The van der Waals surface area contributed by atoms with Crippen LogP contribution in [-0.2, 0) is 0 Å². The van der Waals surface area contributed by atoms with Gasteiger partial charge in [-0.1, -0.05) is 0 Å². The normalized spacial score (nSPS) is 10.3. The van der Waals surface area contributed by atoms with Crippen LogP contribution in [0.25, 0.3) is 11.3 Å². The summed E-state index contributed by atoms with van der Waals surface area (Å²) in [6.45, 7) is 3.96. The van der Waals surface area contributed by atoms with Crippen LogP contribution in [-0.4, -0.2) is 15.0 Å². The number of hydrogen-bond donors (Lipinski definition) is 1. The van der Waals surface area contributed by atoms with E-state index < -0.39 is 0 Å². The molecule has 2 aromatic heterocycles. The maximum absolute atomic E-state index is 4.31. The van der Waals surface area contributed by atoms with Crippen LogP contribution in [0.2, 0.25) is 0 Å². The molecule has 0 saturated carbocycles. The third-order valence-electron chi connectivity index (χ3n) is 1.97. The molecule has 0 saturated heterocycles. The number of pyridine rings is 1. The lowest BCUT2D eigenvalue weighted by Gasteiger charge is -1.96. The largest absolute Gasteiger partial charge is 0.342 e. The Hall–Kier alpha value is -1.64. The van der Waals surface area contributed by atoms with Gasteiger partial charge in [0.25, 0.3) is 0 Å². The highest BCUT2D eigenvalue weighted by Gasteiger charge is 2.04. The van der Waals surface area contributed by atoms with Crippen LogP contribution in [0, 0.1) is 13.8 Å². The van der Waals surface area contributed by atoms with Crippen LogP contribution in [0.15, 0.2) is 24.5 Å². The van der Waals surface area contributed by atoms with Gasteiger partial charge in [-0.3, -0.25) is 4.98 Å². The molecule has 0 amide bonds. The summed E-state index contributed by atoms with van der Waals surface area (Å²) in [4.78, 5) is 11.5. The highest BCUT2D eigenvalue weighted by Crippen LogP contribution is 2.19. The van der Waals surface area contributed by atoms with Gasteiger partial charge < -0.3 is 4.98 Å². The monoisotopic (exact) mass is 173 g/mol. The van der Waals surface area contributed by atoms with Crippen molar-refractivity contribution in [2.75, 3.05) is 0 Å². The number of aryl methyl sites for hydroxylation is 2. The summed E-state index contributed by atoms with van der Waals surface area (Å²) in [6.07, 6.45) is 3.57. The molecule has 3 heteroatoms. The standard InChI is InChI=1S/C10H11N3/c1-7-10(13-8(2)12-7)9-3-5-11-6-4-9/h3-6H,1-2H3,(H,12,13). The average molecular weight is 173 g/mol. The minimum atomic E-state index is 0.948. The Labute approximate surface area is 76.9 Å². The average Bonchev–Trinajstić information content (AvgIpc) is 2.47. The van der Waals surface area contributed by atoms with Crippen molar-refractivity contribution in [3.05, 3.63) is 36.0 Å². The van der Waals surface area contributed by atoms with Gasteiger partial charge in [-0.25, -0.2) is 4.98 Å². The van der Waals surface area contributed by atoms with Gasteiger partial charge in [0, 0.05) is 18.0 Å². The van der Waals surface area contributed by atoms with E-state index >= 15 is 0 Å². The Morgan fingerprint density at radius 3 is 2.38 bits per heavy atom. The Kier molecular flexibility index (Phi) is 1.85. The summed E-state index contributed by atoms with van der Waals surface area (Å²) in [7, 11) is 0. The predicted molar refractivity (Wildman–Crippen MR) is 51.3 cm³/mol. The number of rotatable bonds is 1. The number of nitrogens with zero attached hydrogens (tertiary/aromatic N) is 2. The zero-order valence-corrected chi connectivity index (χ0v) is 7.70. The van der Waals surface area contributed by atoms with E-state index in [2.05, 4.69) is 15.0 Å². The first-order valence-corrected chi connectivity index (χ1v) is 4.21. The van der Waals surface area contributed by atoms with Gasteiger partial charge in [-0.2, -0.15) is 0 Å². The number of nitrogens with one attached hydrogen (secondary N) is 1. The third kappa shape index (κ3) is 1.45. The molecule has 0 fully saturated rings. The van der Waals surface area contributed by atoms with Gasteiger partial charge in [0.05, 0.1) is 11.4 Å². The van der Waals surface area contributed by atoms with Gasteiger partial charge >= 0.3 is 0 Å². The second-order valence-electron chi connectivity index (χ2n) is 3.02. The van der Waals surface area contributed by atoms with Crippen molar-refractivity contribution in [3.8, 4) is 11.3 Å². The maximum Gasteiger partial charge on any atom is 0.103 e. The van der Waals surface area contributed by atoms with E-state index in [0.717, 1.165) is 22.8 Å². The molecule has 0 aliphatic rings. The van der Waals surface area contributed by atoms with Crippen LogP contribution in [0.5, 0.6) is 0 Å². The molecule has 0 spiro atoms. The Bertz CT molecular complexity index is 403. The summed E-state index contributed by atoms with van der Waals surface area (Å²) in [5.41, 5.74) is 3.25. The first-order valence-electron chi connectivity index (χ1n) is 4.21. The summed E-state index contributed by atoms with van der Waals surface area (Å²) < 4.78 is 0. The zero-order chi connectivity index (χ0) is 9.26. The molecule has 0 aliphatic carbocycles. The minimum Gasteiger partial charge on any atom is -0.342 e. The van der Waals surface area contributed by atoms with E-state index in [9.17, 15) is 0 Å². The molecule has 0 atom stereocenters. The lowest BCUT2D eigenvalue weighted by Crippen LogP contribution is -1.81. The van der Waals surface area contributed by atoms with Crippen molar-refractivity contribution in [1.29, 1.82) is 0 Å². The number of aromatic nitrogens is 3. The van der Waals surface area contributed by atoms with E-state index in [-0.39, 0.29) is 0 Å². The fraction of sp³-hybridized carbons (Fsp3) is 0.200. The van der Waals surface area contributed by atoms with Crippen LogP contribution < -0.4 is 0 Å². The van der Waals surface area contributed by atoms with Gasteiger partial charge in [-0.15, -0.1) is 0 Å². The van der Waals surface area contributed by atoms with Gasteiger partial charge in [0.2, 0.25) is 0 Å². The lowest BCUT2D eigenvalue weighted by molar-refractivity contribution is 1.13. The Morgan fingerprint density at radius 1 is 1.15 bits per heavy atom. The van der Waals surface area contributed by atoms with Gasteiger partial charge in [-0.05, 0) is 26.0 Å². The van der Waals surface area contributed by atoms with Crippen molar-refractivity contribution in [3.63, 3.8) is 0 Å². The van der Waals surface area contributed by atoms with Crippen LogP contribution in [0.4, 0.5) is 0 Å². The number of aromatic amines is 1. The summed E-state index contributed by atoms with van der Waals surface area (Å²) in [6, 6.07) is 3.94. The fourth-order valence-corrected chi connectivity index (χ4v) is 1.41. The molecule has 13 heavy (non-hydrogen) atoms. The molecule has 3 nitrogen and oxygen atoms in total. The predicted octanol–water partition coefficient (Wildman–Crippen LogP) is 2.09. The molecular weight excluding hydrogens is 162 g/mol. The maximum atomic E-state index is 4.31. The van der Waals surface area contributed by atoms with Crippen molar-refractivity contribution in [2.24, 2.45) is 0 Å². The van der Waals surface area contributed by atoms with Crippen LogP contribution in [0.3, 0.4) is 0 Å². The van der Waals surface area contributed by atoms with E-state index in [0.29, 0.717) is 0 Å². The number of H-pyrrole nitrogens is 1. The van der Waals surface area contributed by atoms with Crippen molar-refractivity contribution in [2.45, 2.75) is 13.8 Å². The van der Waals surface area contributed by atoms with E-state index in [1.54, 1.807) is 12.4 Å². The van der Waals surface area contributed by atoms with Crippen molar-refractivity contribution < 1.29 is 0 Å². The summed E-state index contributed by atoms with van der Waals surface area (Å²) >= 11 is 0. The van der Waals surface area contributed by atoms with Crippen LogP contribution >= 0.6 is 0 Å². The van der Waals surface area contributed by atoms with Crippen LogP contribution in [0.1, 0.15) is 11.5 Å². The smallest absolute Gasteiger partial charge is 0.103 e. The molecular formula is C10H11N3. The molecule has 0 unspecified atom stereocenters. The molecule has 0 aliphatic heterocycles. The van der Waals surface area contributed by atoms with Crippen molar-refractivity contribution in [1.82, 2.24) is 15.0 Å². The first kappa shape index (κ1) is 7.98. The number of imidazole rings is 1. The third-order valence-corrected chi connectivity index (χ3v) is 1.97. The molecule has 0 aromatic carbocycles. The minimum absolute atomic E-state index is 0.948. The summed E-state index contributed by atoms with van der Waals surface area (Å²) in [5, 5.41) is 0. The molecule has 0 bridgehead atoms. The lowest BCUT2D eigenvalue weighted by atomic mass is 10.2. The molecule has 2 rings (SSSR count). The van der Waals surface area contributed by atoms with Crippen molar-refractivity contribution >= 4 is 0 Å². The summed E-state index contributed by atoms with van der Waals surface area (Å²) in [5.74, 6) is 0.948. The second-order valence-corrected chi connectivity index (χ2v) is 3.02. The van der Waals surface area contributed by atoms with E-state index in [1.165, 1.54) is 0 Å². The molecule has 2 aromatic rings. The van der Waals surface area contributed by atoms with Gasteiger partial charge in [0.15, 0.2) is 0 Å². The van der Waals surface area contributed by atoms with Gasteiger partial charge in [0.1, 0.15) is 5.82 Å². The van der Waals surface area contributed by atoms with E-state index in [1.807, 2.05) is 26.0 Å². The zero-order valence-electron chi connectivity index (χ0n) is 7.70. The number of hydrogen-bond acceptors (Lipinski definition) is 2. The Morgan fingerprint density at radius 2 is 1.85 bits per heavy atom. The Balaban J connectivity index is 2.53. The first-order chi connectivity index (χ1) is 6.27. The molecule has 66 valence electrons. The van der Waals surface area contributed by atoms with E-state index in [4.69, 9.17) is 0 Å². The quantitative estimate of drug-likeness (QED) is 0.717. The highest BCUT2D eigenvalue weighted by molar-refractivity contribution is 5.60. The SMILES string of the molecule is Cc1nc(C)c(-c2ccncc2)[nH]1. The molecule has 1 N–H and O–H groups in total. The molecule has 0 radical (unpaired) electrons. The fourth-order valence-electron chi connectivity index (χ4n) is 1.41. The topological polar surface area (TPSA) is 41.6 Å².